The van der Waals surface area contributed by atoms with Crippen LogP contribution in [0.15, 0.2) is 36.5 Å². The summed E-state index contributed by atoms with van der Waals surface area (Å²) in [4.78, 5) is 25.2. The predicted octanol–water partition coefficient (Wildman–Crippen LogP) is 1.90. The fourth-order valence-electron chi connectivity index (χ4n) is 3.80. The molecule has 0 radical (unpaired) electrons. The largest absolute Gasteiger partial charge is 0.491 e. The second kappa shape index (κ2) is 9.25. The molecule has 2 aliphatic heterocycles. The molecule has 2 fully saturated rings. The highest BCUT2D eigenvalue weighted by atomic mass is 19.1. The first-order chi connectivity index (χ1) is 14.6. The lowest BCUT2D eigenvalue weighted by molar-refractivity contribution is -0.154. The van der Waals surface area contributed by atoms with Crippen LogP contribution in [0.4, 0.5) is 10.3 Å². The Kier molecular flexibility index (Phi) is 6.27. The van der Waals surface area contributed by atoms with E-state index in [0.717, 1.165) is 25.9 Å². The summed E-state index contributed by atoms with van der Waals surface area (Å²) in [6, 6.07) is 7.74. The standard InChI is InChI=1S/C21H25FN4O4/c1-28-19-6-9-23-21(24-19)25-10-7-16(8-11-25)26-12-18(30-14-20(26)27)13-29-17-4-2-15(22)3-5-17/h2-6,9,16,18H,7-8,10-14H2,1H3. The quantitative estimate of drug-likeness (QED) is 0.712. The molecule has 30 heavy (non-hydrogen) atoms. The fourth-order valence-corrected chi connectivity index (χ4v) is 3.80. The van der Waals surface area contributed by atoms with Gasteiger partial charge in [0.15, 0.2) is 0 Å². The highest BCUT2D eigenvalue weighted by Crippen LogP contribution is 2.23. The smallest absolute Gasteiger partial charge is 0.248 e. The number of carbonyl (C=O) groups excluding carboxylic acids is 1. The Balaban J connectivity index is 1.30. The number of rotatable bonds is 6. The van der Waals surface area contributed by atoms with Crippen molar-refractivity contribution in [3.05, 3.63) is 42.3 Å². The number of aromatic nitrogens is 2. The van der Waals surface area contributed by atoms with Gasteiger partial charge >= 0.3 is 0 Å². The summed E-state index contributed by atoms with van der Waals surface area (Å²) in [5.41, 5.74) is 0. The molecule has 160 valence electrons. The maximum Gasteiger partial charge on any atom is 0.248 e. The number of methoxy groups -OCH3 is 1. The van der Waals surface area contributed by atoms with Gasteiger partial charge in [-0.3, -0.25) is 4.79 Å². The summed E-state index contributed by atoms with van der Waals surface area (Å²) in [5.74, 6) is 1.46. The van der Waals surface area contributed by atoms with Gasteiger partial charge < -0.3 is 24.0 Å². The third kappa shape index (κ3) is 4.79. The first-order valence-electron chi connectivity index (χ1n) is 10.0. The minimum Gasteiger partial charge on any atom is -0.491 e. The summed E-state index contributed by atoms with van der Waals surface area (Å²) < 4.78 is 29.5. The van der Waals surface area contributed by atoms with Gasteiger partial charge in [0, 0.05) is 31.4 Å². The molecule has 0 bridgehead atoms. The van der Waals surface area contributed by atoms with E-state index in [4.69, 9.17) is 14.2 Å². The number of anilines is 1. The molecule has 8 nitrogen and oxygen atoms in total. The Labute approximate surface area is 174 Å². The molecule has 4 rings (SSSR count). The first kappa shape index (κ1) is 20.3. The molecule has 2 aliphatic rings. The minimum absolute atomic E-state index is 0.00381. The minimum atomic E-state index is -0.307. The van der Waals surface area contributed by atoms with E-state index in [-0.39, 0.29) is 30.5 Å². The van der Waals surface area contributed by atoms with Crippen molar-refractivity contribution in [3.8, 4) is 11.6 Å². The van der Waals surface area contributed by atoms with Crippen LogP contribution in [0.1, 0.15) is 12.8 Å². The van der Waals surface area contributed by atoms with Crippen molar-refractivity contribution in [2.45, 2.75) is 25.0 Å². The Morgan fingerprint density at radius 2 is 1.97 bits per heavy atom. The number of hydrogen-bond acceptors (Lipinski definition) is 7. The number of nitrogens with zero attached hydrogens (tertiary/aromatic N) is 4. The Morgan fingerprint density at radius 3 is 2.70 bits per heavy atom. The Bertz CT molecular complexity index is 858. The monoisotopic (exact) mass is 416 g/mol. The summed E-state index contributed by atoms with van der Waals surface area (Å²) in [7, 11) is 1.58. The molecule has 9 heteroatoms. The van der Waals surface area contributed by atoms with Crippen molar-refractivity contribution in [2.75, 3.05) is 44.9 Å². The average Bonchev–Trinajstić information content (AvgIpc) is 2.80. The van der Waals surface area contributed by atoms with Gasteiger partial charge in [-0.1, -0.05) is 0 Å². The topological polar surface area (TPSA) is 77.0 Å². The number of benzene rings is 1. The number of halogens is 1. The average molecular weight is 416 g/mol. The fraction of sp³-hybridized carbons (Fsp3) is 0.476. The van der Waals surface area contributed by atoms with Crippen molar-refractivity contribution in [1.82, 2.24) is 14.9 Å². The van der Waals surface area contributed by atoms with Crippen molar-refractivity contribution < 1.29 is 23.4 Å². The third-order valence-electron chi connectivity index (χ3n) is 5.43. The van der Waals surface area contributed by atoms with Crippen LogP contribution in [0.25, 0.3) is 0 Å². The number of amides is 1. The summed E-state index contributed by atoms with van der Waals surface area (Å²) in [6.07, 6.45) is 3.13. The van der Waals surface area contributed by atoms with Crippen LogP contribution >= 0.6 is 0 Å². The van der Waals surface area contributed by atoms with E-state index in [0.29, 0.717) is 30.7 Å². The van der Waals surface area contributed by atoms with Crippen LogP contribution < -0.4 is 14.4 Å². The molecule has 3 heterocycles. The van der Waals surface area contributed by atoms with Crippen molar-refractivity contribution in [1.29, 1.82) is 0 Å². The zero-order valence-corrected chi connectivity index (χ0v) is 16.9. The van der Waals surface area contributed by atoms with E-state index in [1.54, 1.807) is 31.5 Å². The van der Waals surface area contributed by atoms with E-state index in [9.17, 15) is 9.18 Å². The van der Waals surface area contributed by atoms with Crippen LogP contribution in [0.2, 0.25) is 0 Å². The highest BCUT2D eigenvalue weighted by molar-refractivity contribution is 5.78. The van der Waals surface area contributed by atoms with Gasteiger partial charge in [0.05, 0.1) is 13.7 Å². The van der Waals surface area contributed by atoms with Gasteiger partial charge in [-0.25, -0.2) is 9.37 Å². The predicted molar refractivity (Wildman–Crippen MR) is 107 cm³/mol. The van der Waals surface area contributed by atoms with E-state index < -0.39 is 0 Å². The molecule has 1 amide bonds. The molecule has 0 aliphatic carbocycles. The molecular formula is C21H25FN4O4. The highest BCUT2D eigenvalue weighted by Gasteiger charge is 2.34. The van der Waals surface area contributed by atoms with Crippen LogP contribution in [0.3, 0.4) is 0 Å². The number of piperidine rings is 1. The van der Waals surface area contributed by atoms with Gasteiger partial charge in [-0.15, -0.1) is 0 Å². The SMILES string of the molecule is COc1ccnc(N2CCC(N3CC(COc4ccc(F)cc4)OCC3=O)CC2)n1. The summed E-state index contributed by atoms with van der Waals surface area (Å²) >= 11 is 0. The van der Waals surface area contributed by atoms with Gasteiger partial charge in [-0.2, -0.15) is 4.98 Å². The normalized spacial score (nSPS) is 20.3. The molecule has 2 aromatic rings. The van der Waals surface area contributed by atoms with E-state index in [2.05, 4.69) is 14.9 Å². The molecular weight excluding hydrogens is 391 g/mol. The van der Waals surface area contributed by atoms with Gasteiger partial charge in [0.2, 0.25) is 17.7 Å². The molecule has 2 saturated heterocycles. The van der Waals surface area contributed by atoms with Crippen LogP contribution in [-0.4, -0.2) is 72.9 Å². The zero-order chi connectivity index (χ0) is 20.9. The number of ether oxygens (including phenoxy) is 3. The van der Waals surface area contributed by atoms with Crippen molar-refractivity contribution >= 4 is 11.9 Å². The van der Waals surface area contributed by atoms with Gasteiger partial charge in [0.25, 0.3) is 0 Å². The van der Waals surface area contributed by atoms with E-state index >= 15 is 0 Å². The number of carbonyl (C=O) groups is 1. The molecule has 0 N–H and O–H groups in total. The summed E-state index contributed by atoms with van der Waals surface area (Å²) in [6.45, 7) is 2.38. The first-order valence-corrected chi connectivity index (χ1v) is 10.0. The Morgan fingerprint density at radius 1 is 1.20 bits per heavy atom. The van der Waals surface area contributed by atoms with Crippen molar-refractivity contribution in [2.24, 2.45) is 0 Å². The molecule has 1 unspecified atom stereocenters. The lowest BCUT2D eigenvalue weighted by Gasteiger charge is -2.42. The Hall–Kier alpha value is -2.94. The van der Waals surface area contributed by atoms with Crippen molar-refractivity contribution in [3.63, 3.8) is 0 Å². The maximum atomic E-state index is 13.0. The number of hydrogen-bond donors (Lipinski definition) is 0. The molecule has 1 aromatic heterocycles. The third-order valence-corrected chi connectivity index (χ3v) is 5.43. The number of morpholine rings is 1. The van der Waals surface area contributed by atoms with E-state index in [1.165, 1.54) is 12.1 Å². The second-order valence-electron chi connectivity index (χ2n) is 7.36. The van der Waals surface area contributed by atoms with Gasteiger partial charge in [-0.05, 0) is 37.1 Å². The lowest BCUT2D eigenvalue weighted by atomic mass is 10.0. The maximum absolute atomic E-state index is 13.0. The molecule has 0 saturated carbocycles. The lowest BCUT2D eigenvalue weighted by Crippen LogP contribution is -2.55. The van der Waals surface area contributed by atoms with Crippen LogP contribution in [-0.2, 0) is 9.53 Å². The second-order valence-corrected chi connectivity index (χ2v) is 7.36. The molecule has 1 aromatic carbocycles. The van der Waals surface area contributed by atoms with Gasteiger partial charge in [0.1, 0.15) is 30.9 Å². The molecule has 0 spiro atoms. The van der Waals surface area contributed by atoms with E-state index in [1.807, 2.05) is 4.90 Å². The van der Waals surface area contributed by atoms with Crippen LogP contribution in [0, 0.1) is 5.82 Å². The van der Waals surface area contributed by atoms with Crippen LogP contribution in [0.5, 0.6) is 11.6 Å². The zero-order valence-electron chi connectivity index (χ0n) is 16.9. The molecule has 1 atom stereocenters. The summed E-state index contributed by atoms with van der Waals surface area (Å²) in [5, 5.41) is 0.